The van der Waals surface area contributed by atoms with E-state index in [-0.39, 0.29) is 6.09 Å². The Morgan fingerprint density at radius 1 is 1.14 bits per heavy atom. The minimum atomic E-state index is -0.306. The molecule has 1 fully saturated rings. The number of aryl methyl sites for hydroxylation is 1. The molecule has 0 bridgehead atoms. The van der Waals surface area contributed by atoms with Gasteiger partial charge in [-0.3, -0.25) is 0 Å². The maximum atomic E-state index is 12.5. The number of nitrogens with one attached hydrogen (secondary N) is 1. The predicted molar refractivity (Wildman–Crippen MR) is 113 cm³/mol. The molecule has 0 spiro atoms. The topological polar surface area (TPSA) is 74.3 Å². The number of benzene rings is 1. The fourth-order valence-corrected chi connectivity index (χ4v) is 3.91. The summed E-state index contributed by atoms with van der Waals surface area (Å²) in [6.45, 7) is 4.71. The second-order valence-corrected chi connectivity index (χ2v) is 7.77. The van der Waals surface area contributed by atoms with E-state index >= 15 is 0 Å². The van der Waals surface area contributed by atoms with Crippen molar-refractivity contribution in [2.75, 3.05) is 31.1 Å². The van der Waals surface area contributed by atoms with E-state index in [1.165, 1.54) is 0 Å². The van der Waals surface area contributed by atoms with Gasteiger partial charge in [0.15, 0.2) is 5.16 Å². The molecule has 150 valence electrons. The van der Waals surface area contributed by atoms with Crippen molar-refractivity contribution in [1.29, 1.82) is 0 Å². The van der Waals surface area contributed by atoms with Crippen LogP contribution in [0.2, 0.25) is 0 Å². The lowest BCUT2D eigenvalue weighted by molar-refractivity contribution is 0.149. The Morgan fingerprint density at radius 2 is 1.93 bits per heavy atom. The van der Waals surface area contributed by atoms with E-state index < -0.39 is 0 Å². The molecule has 4 rings (SSSR count). The van der Waals surface area contributed by atoms with E-state index in [4.69, 9.17) is 4.74 Å². The average Bonchev–Trinajstić information content (AvgIpc) is 3.27. The third-order valence-electron chi connectivity index (χ3n) is 4.71. The molecule has 1 saturated heterocycles. The van der Waals surface area contributed by atoms with Crippen LogP contribution in [0.1, 0.15) is 11.3 Å². The summed E-state index contributed by atoms with van der Waals surface area (Å²) in [7, 11) is 0. The number of aromatic amines is 1. The molecule has 0 radical (unpaired) electrons. The quantitative estimate of drug-likeness (QED) is 0.648. The molecule has 0 saturated carbocycles. The zero-order valence-corrected chi connectivity index (χ0v) is 17.1. The summed E-state index contributed by atoms with van der Waals surface area (Å²) in [6.07, 6.45) is 3.24. The first-order chi connectivity index (χ1) is 14.2. The molecule has 3 heterocycles. The molecule has 29 heavy (non-hydrogen) atoms. The number of carbonyl (C=O) groups is 1. The highest BCUT2D eigenvalue weighted by Crippen LogP contribution is 2.21. The smallest absolute Gasteiger partial charge is 0.410 e. The van der Waals surface area contributed by atoms with Gasteiger partial charge in [-0.05, 0) is 36.8 Å². The number of imidazole rings is 1. The molecule has 1 N–H and O–H groups in total. The number of amides is 1. The van der Waals surface area contributed by atoms with Crippen LogP contribution in [-0.4, -0.2) is 52.1 Å². The molecule has 0 aliphatic carbocycles. The summed E-state index contributed by atoms with van der Waals surface area (Å²) in [5.41, 5.74) is 2.14. The maximum Gasteiger partial charge on any atom is 0.415 e. The molecule has 8 heteroatoms. The number of carbonyl (C=O) groups excluding carboxylic acids is 1. The molecular formula is C21H23N5O2S. The first kappa shape index (κ1) is 19.3. The number of piperazine rings is 1. The SMILES string of the molecule is Cc1cccc(N2CCN(C(=O)Oc3ccc(CSc4ncc[nH]4)cc3)CC2)n1. The zero-order chi connectivity index (χ0) is 20.1. The van der Waals surface area contributed by atoms with Crippen LogP contribution in [0.15, 0.2) is 60.0 Å². The Labute approximate surface area is 174 Å². The van der Waals surface area contributed by atoms with Crippen molar-refractivity contribution in [2.45, 2.75) is 17.8 Å². The number of rotatable bonds is 5. The number of pyridine rings is 1. The molecule has 3 aromatic rings. The third kappa shape index (κ3) is 5.08. The highest BCUT2D eigenvalue weighted by molar-refractivity contribution is 7.98. The van der Waals surface area contributed by atoms with Crippen LogP contribution < -0.4 is 9.64 Å². The van der Waals surface area contributed by atoms with Crippen LogP contribution in [-0.2, 0) is 5.75 Å². The monoisotopic (exact) mass is 409 g/mol. The predicted octanol–water partition coefficient (Wildman–Crippen LogP) is 3.73. The Morgan fingerprint density at radius 3 is 2.62 bits per heavy atom. The van der Waals surface area contributed by atoms with Crippen molar-refractivity contribution >= 4 is 23.7 Å². The highest BCUT2D eigenvalue weighted by atomic mass is 32.2. The molecule has 7 nitrogen and oxygen atoms in total. The zero-order valence-electron chi connectivity index (χ0n) is 16.2. The number of hydrogen-bond donors (Lipinski definition) is 1. The number of nitrogens with zero attached hydrogens (tertiary/aromatic N) is 4. The van der Waals surface area contributed by atoms with E-state index in [1.54, 1.807) is 22.9 Å². The summed E-state index contributed by atoms with van der Waals surface area (Å²) < 4.78 is 5.55. The van der Waals surface area contributed by atoms with Crippen molar-refractivity contribution in [3.63, 3.8) is 0 Å². The normalized spacial score (nSPS) is 14.1. The van der Waals surface area contributed by atoms with E-state index in [0.29, 0.717) is 18.8 Å². The Hall–Kier alpha value is -3.00. The summed E-state index contributed by atoms with van der Waals surface area (Å²) in [5.74, 6) is 2.32. The van der Waals surface area contributed by atoms with E-state index in [9.17, 15) is 4.79 Å². The summed E-state index contributed by atoms with van der Waals surface area (Å²) in [4.78, 5) is 28.2. The minimum Gasteiger partial charge on any atom is -0.410 e. The first-order valence-corrected chi connectivity index (χ1v) is 10.5. The fraction of sp³-hybridized carbons (Fsp3) is 0.286. The highest BCUT2D eigenvalue weighted by Gasteiger charge is 2.23. The molecule has 2 aromatic heterocycles. The van der Waals surface area contributed by atoms with Gasteiger partial charge in [0.2, 0.25) is 0 Å². The lowest BCUT2D eigenvalue weighted by Crippen LogP contribution is -2.49. The fourth-order valence-electron chi connectivity index (χ4n) is 3.12. The molecule has 0 atom stereocenters. The van der Waals surface area contributed by atoms with Gasteiger partial charge in [0.05, 0.1) is 0 Å². The third-order valence-corrected chi connectivity index (χ3v) is 5.69. The van der Waals surface area contributed by atoms with Gasteiger partial charge in [-0.1, -0.05) is 30.0 Å². The van der Waals surface area contributed by atoms with Gasteiger partial charge in [-0.15, -0.1) is 0 Å². The van der Waals surface area contributed by atoms with Gasteiger partial charge < -0.3 is 19.5 Å². The molecule has 1 aliphatic heterocycles. The van der Waals surface area contributed by atoms with Crippen LogP contribution in [0.3, 0.4) is 0 Å². The van der Waals surface area contributed by atoms with Crippen molar-refractivity contribution < 1.29 is 9.53 Å². The Kier molecular flexibility index (Phi) is 6.00. The van der Waals surface area contributed by atoms with Crippen LogP contribution in [0, 0.1) is 6.92 Å². The van der Waals surface area contributed by atoms with Gasteiger partial charge >= 0.3 is 6.09 Å². The van der Waals surface area contributed by atoms with Gasteiger partial charge in [-0.25, -0.2) is 14.8 Å². The lowest BCUT2D eigenvalue weighted by atomic mass is 10.2. The van der Waals surface area contributed by atoms with Gasteiger partial charge in [0, 0.05) is 50.0 Å². The van der Waals surface area contributed by atoms with E-state index in [0.717, 1.165) is 41.1 Å². The van der Waals surface area contributed by atoms with Crippen molar-refractivity contribution in [1.82, 2.24) is 19.9 Å². The van der Waals surface area contributed by atoms with Crippen molar-refractivity contribution in [3.8, 4) is 5.75 Å². The van der Waals surface area contributed by atoms with Gasteiger partial charge in [0.25, 0.3) is 0 Å². The number of ether oxygens (including phenoxy) is 1. The second kappa shape index (κ2) is 9.00. The minimum absolute atomic E-state index is 0.306. The first-order valence-electron chi connectivity index (χ1n) is 9.54. The summed E-state index contributed by atoms with van der Waals surface area (Å²) in [6, 6.07) is 13.6. The van der Waals surface area contributed by atoms with Gasteiger partial charge in [-0.2, -0.15) is 0 Å². The molecule has 1 aromatic carbocycles. The number of hydrogen-bond acceptors (Lipinski definition) is 6. The number of H-pyrrole nitrogens is 1. The Balaban J connectivity index is 1.26. The summed E-state index contributed by atoms with van der Waals surface area (Å²) >= 11 is 1.63. The molecule has 1 amide bonds. The second-order valence-electron chi connectivity index (χ2n) is 6.81. The number of aromatic nitrogens is 3. The maximum absolute atomic E-state index is 12.5. The largest absolute Gasteiger partial charge is 0.415 e. The van der Waals surface area contributed by atoms with Crippen molar-refractivity contribution in [2.24, 2.45) is 0 Å². The molecular weight excluding hydrogens is 386 g/mol. The van der Waals surface area contributed by atoms with Gasteiger partial charge in [0.1, 0.15) is 11.6 Å². The van der Waals surface area contributed by atoms with Crippen molar-refractivity contribution in [3.05, 3.63) is 66.1 Å². The van der Waals surface area contributed by atoms with Crippen LogP contribution >= 0.6 is 11.8 Å². The Bertz CT molecular complexity index is 938. The molecule has 0 unspecified atom stereocenters. The average molecular weight is 410 g/mol. The number of anilines is 1. The van der Waals surface area contributed by atoms with E-state index in [2.05, 4.69) is 19.9 Å². The lowest BCUT2D eigenvalue weighted by Gasteiger charge is -2.34. The molecule has 1 aliphatic rings. The van der Waals surface area contributed by atoms with Crippen LogP contribution in [0.5, 0.6) is 5.75 Å². The summed E-state index contributed by atoms with van der Waals surface area (Å²) in [5, 5.41) is 0.889. The standard InChI is InChI=1S/C21H23N5O2S/c1-16-3-2-4-19(24-16)25-11-13-26(14-12-25)21(27)28-18-7-5-17(6-8-18)15-29-20-22-9-10-23-20/h2-10H,11-15H2,1H3,(H,22,23). The van der Waals surface area contributed by atoms with E-state index in [1.807, 2.05) is 55.6 Å². The van der Waals surface area contributed by atoms with Crippen LogP contribution in [0.4, 0.5) is 10.6 Å². The number of thioether (sulfide) groups is 1. The van der Waals surface area contributed by atoms with Crippen LogP contribution in [0.25, 0.3) is 0 Å².